The minimum Gasteiger partial charge on any atom is -0.399 e. The fraction of sp³-hybridized carbons (Fsp3) is 0.500. The lowest BCUT2D eigenvalue weighted by Gasteiger charge is -2.15. The van der Waals surface area contributed by atoms with Crippen LogP contribution >= 0.6 is 0 Å². The highest BCUT2D eigenvalue weighted by Gasteiger charge is 2.09. The molecule has 0 fully saturated rings. The fourth-order valence-corrected chi connectivity index (χ4v) is 1.65. The molecule has 14 heavy (non-hydrogen) atoms. The van der Waals surface area contributed by atoms with Crippen LogP contribution in [0.3, 0.4) is 0 Å². The molecule has 0 spiro atoms. The maximum Gasteiger partial charge on any atom is 0.0347 e. The van der Waals surface area contributed by atoms with Crippen LogP contribution in [0, 0.1) is 6.92 Å². The lowest BCUT2D eigenvalue weighted by Crippen LogP contribution is -2.12. The van der Waals surface area contributed by atoms with Gasteiger partial charge in [0, 0.05) is 11.7 Å². The van der Waals surface area contributed by atoms with Crippen LogP contribution in [0.1, 0.15) is 43.4 Å². The molecule has 4 N–H and O–H groups in total. The first-order chi connectivity index (χ1) is 6.66. The topological polar surface area (TPSA) is 52.0 Å². The van der Waals surface area contributed by atoms with Crippen molar-refractivity contribution in [3.05, 3.63) is 29.3 Å². The van der Waals surface area contributed by atoms with Crippen molar-refractivity contribution in [2.24, 2.45) is 5.73 Å². The Morgan fingerprint density at radius 2 is 2.07 bits per heavy atom. The zero-order valence-corrected chi connectivity index (χ0v) is 9.09. The highest BCUT2D eigenvalue weighted by atomic mass is 14.6. The van der Waals surface area contributed by atoms with Gasteiger partial charge in [0.25, 0.3) is 0 Å². The number of benzene rings is 1. The number of hydrogen-bond acceptors (Lipinski definition) is 2. The van der Waals surface area contributed by atoms with E-state index in [9.17, 15) is 0 Å². The van der Waals surface area contributed by atoms with Gasteiger partial charge in [-0.3, -0.25) is 0 Å². The molecule has 78 valence electrons. The van der Waals surface area contributed by atoms with Gasteiger partial charge in [-0.05, 0) is 30.5 Å². The molecule has 2 heteroatoms. The van der Waals surface area contributed by atoms with E-state index < -0.39 is 0 Å². The predicted octanol–water partition coefficient (Wildman–Crippen LogP) is 2.77. The van der Waals surface area contributed by atoms with E-state index in [-0.39, 0.29) is 6.04 Å². The van der Waals surface area contributed by atoms with E-state index in [1.807, 2.05) is 19.1 Å². The Balaban J connectivity index is 2.79. The first-order valence-electron chi connectivity index (χ1n) is 5.27. The van der Waals surface area contributed by atoms with Crippen LogP contribution in [0.5, 0.6) is 0 Å². The standard InChI is InChI=1S/C12H20N2/c1-3-4-7-12(14)10-6-5-8-11(13)9(10)2/h5-6,8,12H,3-4,7,13-14H2,1-2H3. The largest absolute Gasteiger partial charge is 0.399 e. The molecule has 2 nitrogen and oxygen atoms in total. The van der Waals surface area contributed by atoms with E-state index >= 15 is 0 Å². The average Bonchev–Trinajstić information content (AvgIpc) is 2.18. The Kier molecular flexibility index (Phi) is 3.96. The van der Waals surface area contributed by atoms with E-state index in [1.165, 1.54) is 18.4 Å². The molecule has 0 aliphatic carbocycles. The van der Waals surface area contributed by atoms with Crippen molar-refractivity contribution in [1.29, 1.82) is 0 Å². The third-order valence-electron chi connectivity index (χ3n) is 2.69. The van der Waals surface area contributed by atoms with E-state index in [4.69, 9.17) is 11.5 Å². The fourth-order valence-electron chi connectivity index (χ4n) is 1.65. The molecule has 0 saturated heterocycles. The molecule has 0 aliphatic heterocycles. The average molecular weight is 192 g/mol. The van der Waals surface area contributed by atoms with Gasteiger partial charge in [0.05, 0.1) is 0 Å². The van der Waals surface area contributed by atoms with Crippen molar-refractivity contribution in [3.8, 4) is 0 Å². The van der Waals surface area contributed by atoms with Gasteiger partial charge in [0.15, 0.2) is 0 Å². The van der Waals surface area contributed by atoms with E-state index in [0.717, 1.165) is 17.7 Å². The van der Waals surface area contributed by atoms with E-state index in [2.05, 4.69) is 13.0 Å². The Hall–Kier alpha value is -1.02. The van der Waals surface area contributed by atoms with Crippen molar-refractivity contribution in [3.63, 3.8) is 0 Å². The SMILES string of the molecule is CCCCC(N)c1cccc(N)c1C. The van der Waals surface area contributed by atoms with Gasteiger partial charge in [0.1, 0.15) is 0 Å². The van der Waals surface area contributed by atoms with Crippen LogP contribution in [-0.2, 0) is 0 Å². The van der Waals surface area contributed by atoms with Crippen LogP contribution in [0.2, 0.25) is 0 Å². The first kappa shape index (κ1) is 11.1. The van der Waals surface area contributed by atoms with Gasteiger partial charge < -0.3 is 11.5 Å². The van der Waals surface area contributed by atoms with Crippen LogP contribution < -0.4 is 11.5 Å². The van der Waals surface area contributed by atoms with Crippen LogP contribution in [-0.4, -0.2) is 0 Å². The van der Waals surface area contributed by atoms with Crippen molar-refractivity contribution >= 4 is 5.69 Å². The third-order valence-corrected chi connectivity index (χ3v) is 2.69. The Morgan fingerprint density at radius 1 is 1.36 bits per heavy atom. The summed E-state index contributed by atoms with van der Waals surface area (Å²) in [5, 5.41) is 0. The molecular weight excluding hydrogens is 172 g/mol. The zero-order valence-electron chi connectivity index (χ0n) is 9.09. The normalized spacial score (nSPS) is 12.8. The molecule has 0 heterocycles. The van der Waals surface area contributed by atoms with E-state index in [1.54, 1.807) is 0 Å². The Labute approximate surface area is 86.3 Å². The molecule has 1 aromatic rings. The maximum absolute atomic E-state index is 6.10. The van der Waals surface area contributed by atoms with Crippen molar-refractivity contribution in [2.45, 2.75) is 39.2 Å². The Bertz CT molecular complexity index is 294. The summed E-state index contributed by atoms with van der Waals surface area (Å²) < 4.78 is 0. The van der Waals surface area contributed by atoms with Gasteiger partial charge in [-0.15, -0.1) is 0 Å². The zero-order chi connectivity index (χ0) is 10.6. The van der Waals surface area contributed by atoms with Gasteiger partial charge >= 0.3 is 0 Å². The number of hydrogen-bond donors (Lipinski definition) is 2. The summed E-state index contributed by atoms with van der Waals surface area (Å²) in [6, 6.07) is 6.11. The number of unbranched alkanes of at least 4 members (excludes halogenated alkanes) is 1. The highest BCUT2D eigenvalue weighted by Crippen LogP contribution is 2.23. The molecule has 1 aromatic carbocycles. The van der Waals surface area contributed by atoms with Crippen LogP contribution in [0.25, 0.3) is 0 Å². The van der Waals surface area contributed by atoms with Gasteiger partial charge in [-0.25, -0.2) is 0 Å². The summed E-state index contributed by atoms with van der Waals surface area (Å²) in [6.07, 6.45) is 3.41. The molecule has 0 amide bonds. The van der Waals surface area contributed by atoms with E-state index in [0.29, 0.717) is 0 Å². The second-order valence-electron chi connectivity index (χ2n) is 3.81. The summed E-state index contributed by atoms with van der Waals surface area (Å²) in [4.78, 5) is 0. The summed E-state index contributed by atoms with van der Waals surface area (Å²) in [7, 11) is 0. The highest BCUT2D eigenvalue weighted by molar-refractivity contribution is 5.50. The van der Waals surface area contributed by atoms with Crippen molar-refractivity contribution in [2.75, 3.05) is 5.73 Å². The van der Waals surface area contributed by atoms with Gasteiger partial charge in [0.2, 0.25) is 0 Å². The third kappa shape index (κ3) is 2.48. The van der Waals surface area contributed by atoms with Crippen molar-refractivity contribution < 1.29 is 0 Å². The lowest BCUT2D eigenvalue weighted by molar-refractivity contribution is 0.601. The minimum atomic E-state index is 0.137. The number of nitrogens with two attached hydrogens (primary N) is 2. The molecule has 0 radical (unpaired) electrons. The molecule has 0 bridgehead atoms. The summed E-state index contributed by atoms with van der Waals surface area (Å²) in [5.74, 6) is 0. The Morgan fingerprint density at radius 3 is 2.71 bits per heavy atom. The molecule has 0 aliphatic rings. The van der Waals surface area contributed by atoms with Gasteiger partial charge in [-0.2, -0.15) is 0 Å². The second kappa shape index (κ2) is 5.01. The molecule has 0 saturated carbocycles. The number of nitrogen functional groups attached to an aromatic ring is 1. The molecule has 1 atom stereocenters. The predicted molar refractivity (Wildman–Crippen MR) is 62.0 cm³/mol. The quantitative estimate of drug-likeness (QED) is 0.721. The van der Waals surface area contributed by atoms with Crippen LogP contribution in [0.15, 0.2) is 18.2 Å². The molecule has 0 aromatic heterocycles. The van der Waals surface area contributed by atoms with Gasteiger partial charge in [-0.1, -0.05) is 31.9 Å². The first-order valence-corrected chi connectivity index (χ1v) is 5.27. The summed E-state index contributed by atoms with van der Waals surface area (Å²) in [5.41, 5.74) is 15.1. The minimum absolute atomic E-state index is 0.137. The maximum atomic E-state index is 6.10. The lowest BCUT2D eigenvalue weighted by atomic mass is 9.97. The monoisotopic (exact) mass is 192 g/mol. The number of rotatable bonds is 4. The van der Waals surface area contributed by atoms with Crippen molar-refractivity contribution in [1.82, 2.24) is 0 Å². The molecule has 1 rings (SSSR count). The molecule has 1 unspecified atom stereocenters. The molecular formula is C12H20N2. The smallest absolute Gasteiger partial charge is 0.0347 e. The second-order valence-corrected chi connectivity index (χ2v) is 3.81. The summed E-state index contributed by atoms with van der Waals surface area (Å²) in [6.45, 7) is 4.22. The van der Waals surface area contributed by atoms with Crippen LogP contribution in [0.4, 0.5) is 5.69 Å². The number of anilines is 1. The summed E-state index contributed by atoms with van der Waals surface area (Å²) >= 11 is 0.